The molecule has 0 bridgehead atoms. The lowest BCUT2D eigenvalue weighted by Gasteiger charge is -2.31. The number of benzene rings is 1. The summed E-state index contributed by atoms with van der Waals surface area (Å²) in [5.41, 5.74) is 0.805. The van der Waals surface area contributed by atoms with Crippen molar-refractivity contribution in [3.8, 4) is 0 Å². The van der Waals surface area contributed by atoms with Crippen LogP contribution in [0.3, 0.4) is 0 Å². The summed E-state index contributed by atoms with van der Waals surface area (Å²) < 4.78 is 16.6. The third-order valence-electron chi connectivity index (χ3n) is 3.14. The Morgan fingerprint density at radius 2 is 1.80 bits per heavy atom. The molecule has 20 heavy (non-hydrogen) atoms. The number of carbonyl (C=O) groups excluding carboxylic acids is 1. The number of ether oxygens (including phenoxy) is 1. The molecule has 2 N–H and O–H groups in total. The Bertz CT molecular complexity index is 514. The van der Waals surface area contributed by atoms with Crippen molar-refractivity contribution < 1.29 is 23.9 Å². The summed E-state index contributed by atoms with van der Waals surface area (Å²) in [5, 5.41) is -1.74. The maximum atomic E-state index is 11.7. The van der Waals surface area contributed by atoms with Crippen LogP contribution in [0.15, 0.2) is 36.4 Å². The van der Waals surface area contributed by atoms with Crippen LogP contribution < -0.4 is 0 Å². The molecule has 0 saturated heterocycles. The van der Waals surface area contributed by atoms with E-state index in [4.69, 9.17) is 4.74 Å². The highest BCUT2D eigenvalue weighted by molar-refractivity contribution is 7.53. The largest absolute Gasteiger partial charge is 0.443 e. The van der Waals surface area contributed by atoms with Gasteiger partial charge in [0.05, 0.1) is 0 Å². The fourth-order valence-electron chi connectivity index (χ4n) is 1.82. The molecule has 0 unspecified atom stereocenters. The van der Waals surface area contributed by atoms with E-state index in [1.54, 1.807) is 26.0 Å². The number of hydrogen-bond acceptors (Lipinski definition) is 3. The highest BCUT2D eigenvalue weighted by Gasteiger charge is 2.47. The van der Waals surface area contributed by atoms with Crippen LogP contribution in [0.25, 0.3) is 6.08 Å². The molecule has 0 fully saturated rings. The predicted octanol–water partition coefficient (Wildman–Crippen LogP) is 2.94. The summed E-state index contributed by atoms with van der Waals surface area (Å²) in [5.74, 6) is -0.763. The molecular formula is C14H19O5P. The van der Waals surface area contributed by atoms with Crippen molar-refractivity contribution in [1.82, 2.24) is 0 Å². The van der Waals surface area contributed by atoms with E-state index in [9.17, 15) is 19.1 Å². The van der Waals surface area contributed by atoms with Gasteiger partial charge in [0.25, 0.3) is 0 Å². The number of carbonyl (C=O) groups is 1. The highest BCUT2D eigenvalue weighted by Crippen LogP contribution is 2.55. The average Bonchev–Trinajstić information content (AvgIpc) is 2.42. The van der Waals surface area contributed by atoms with Crippen LogP contribution in [0.1, 0.15) is 32.3 Å². The van der Waals surface area contributed by atoms with E-state index in [2.05, 4.69) is 0 Å². The van der Waals surface area contributed by atoms with Crippen molar-refractivity contribution in [2.24, 2.45) is 0 Å². The SMILES string of the molecule is CCC(CC)(OC(=O)C=Cc1ccccc1)P(=O)(O)O. The standard InChI is InChI=1S/C14H19O5P/c1-3-14(4-2,20(16,17)18)19-13(15)11-10-12-8-6-5-7-9-12/h5-11H,3-4H2,1-2H3,(H2,16,17,18). The van der Waals surface area contributed by atoms with Gasteiger partial charge < -0.3 is 14.5 Å². The van der Waals surface area contributed by atoms with Crippen LogP contribution in [-0.2, 0) is 14.1 Å². The first kappa shape index (κ1) is 16.6. The maximum Gasteiger partial charge on any atom is 0.368 e. The molecule has 6 heteroatoms. The zero-order valence-corrected chi connectivity index (χ0v) is 12.4. The van der Waals surface area contributed by atoms with Gasteiger partial charge in [-0.1, -0.05) is 44.2 Å². The first-order valence-corrected chi connectivity index (χ1v) is 7.97. The number of rotatable bonds is 6. The Labute approximate surface area is 118 Å². The average molecular weight is 298 g/mol. The Kier molecular flexibility index (Phi) is 5.69. The van der Waals surface area contributed by atoms with Gasteiger partial charge in [-0.25, -0.2) is 4.79 Å². The van der Waals surface area contributed by atoms with Gasteiger partial charge in [0.1, 0.15) is 0 Å². The molecular weight excluding hydrogens is 279 g/mol. The summed E-state index contributed by atoms with van der Waals surface area (Å²) in [6.07, 6.45) is 2.82. The third kappa shape index (κ3) is 4.04. The number of esters is 1. The molecule has 5 nitrogen and oxygen atoms in total. The molecule has 0 atom stereocenters. The second-order valence-electron chi connectivity index (χ2n) is 4.36. The minimum Gasteiger partial charge on any atom is -0.443 e. The summed E-state index contributed by atoms with van der Waals surface area (Å²) in [4.78, 5) is 30.5. The van der Waals surface area contributed by atoms with Gasteiger partial charge in [0.15, 0.2) is 0 Å². The zero-order chi connectivity index (χ0) is 15.2. The van der Waals surface area contributed by atoms with Gasteiger partial charge in [0, 0.05) is 6.08 Å². The molecule has 0 saturated carbocycles. The topological polar surface area (TPSA) is 83.8 Å². The van der Waals surface area contributed by atoms with Gasteiger partial charge in [-0.2, -0.15) is 0 Å². The molecule has 0 amide bonds. The Morgan fingerprint density at radius 3 is 2.25 bits per heavy atom. The molecule has 0 aliphatic carbocycles. The fraction of sp³-hybridized carbons (Fsp3) is 0.357. The minimum absolute atomic E-state index is 0.0543. The third-order valence-corrected chi connectivity index (χ3v) is 4.92. The lowest BCUT2D eigenvalue weighted by atomic mass is 10.2. The van der Waals surface area contributed by atoms with Crippen molar-refractivity contribution in [2.45, 2.75) is 32.0 Å². The predicted molar refractivity (Wildman–Crippen MR) is 76.9 cm³/mol. The zero-order valence-electron chi connectivity index (χ0n) is 11.5. The highest BCUT2D eigenvalue weighted by atomic mass is 31.2. The normalized spacial score (nSPS) is 12.6. The van der Waals surface area contributed by atoms with Crippen molar-refractivity contribution in [3.05, 3.63) is 42.0 Å². The van der Waals surface area contributed by atoms with Crippen LogP contribution in [0.5, 0.6) is 0 Å². The smallest absolute Gasteiger partial charge is 0.368 e. The molecule has 0 heterocycles. The van der Waals surface area contributed by atoms with E-state index in [-0.39, 0.29) is 12.8 Å². The second kappa shape index (κ2) is 6.84. The molecule has 0 spiro atoms. The van der Waals surface area contributed by atoms with E-state index in [1.807, 2.05) is 18.2 Å². The van der Waals surface area contributed by atoms with Crippen LogP contribution in [0.2, 0.25) is 0 Å². The Balaban J connectivity index is 2.83. The van der Waals surface area contributed by atoms with Gasteiger partial charge in [-0.15, -0.1) is 0 Å². The van der Waals surface area contributed by atoms with Crippen LogP contribution in [0.4, 0.5) is 0 Å². The van der Waals surface area contributed by atoms with Gasteiger partial charge in [-0.05, 0) is 24.5 Å². The quantitative estimate of drug-likeness (QED) is 0.479. The first-order chi connectivity index (χ1) is 9.34. The number of hydrogen-bond donors (Lipinski definition) is 2. The van der Waals surface area contributed by atoms with Crippen molar-refractivity contribution in [1.29, 1.82) is 0 Å². The van der Waals surface area contributed by atoms with Crippen LogP contribution in [-0.4, -0.2) is 21.1 Å². The lowest BCUT2D eigenvalue weighted by molar-refractivity contribution is -0.148. The van der Waals surface area contributed by atoms with Crippen molar-refractivity contribution in [2.75, 3.05) is 0 Å². The molecule has 1 rings (SSSR count). The molecule has 0 aromatic heterocycles. The first-order valence-electron chi connectivity index (χ1n) is 6.36. The van der Waals surface area contributed by atoms with E-state index in [0.717, 1.165) is 5.56 Å². The molecule has 1 aromatic rings. The van der Waals surface area contributed by atoms with Gasteiger partial charge in [0.2, 0.25) is 5.34 Å². The van der Waals surface area contributed by atoms with Crippen LogP contribution in [0, 0.1) is 0 Å². The lowest BCUT2D eigenvalue weighted by Crippen LogP contribution is -2.33. The minimum atomic E-state index is -4.53. The Morgan fingerprint density at radius 1 is 1.25 bits per heavy atom. The van der Waals surface area contributed by atoms with Gasteiger partial charge in [-0.3, -0.25) is 4.57 Å². The van der Waals surface area contributed by atoms with Crippen molar-refractivity contribution in [3.63, 3.8) is 0 Å². The second-order valence-corrected chi connectivity index (χ2v) is 6.27. The molecule has 0 aliphatic rings. The van der Waals surface area contributed by atoms with E-state index < -0.39 is 18.9 Å². The maximum absolute atomic E-state index is 11.7. The summed E-state index contributed by atoms with van der Waals surface area (Å²) in [6, 6.07) is 9.11. The molecule has 0 radical (unpaired) electrons. The monoisotopic (exact) mass is 298 g/mol. The van der Waals surface area contributed by atoms with Crippen molar-refractivity contribution >= 4 is 19.6 Å². The molecule has 0 aliphatic heterocycles. The van der Waals surface area contributed by atoms with Gasteiger partial charge >= 0.3 is 13.6 Å². The van der Waals surface area contributed by atoms with E-state index in [0.29, 0.717) is 0 Å². The van der Waals surface area contributed by atoms with Crippen LogP contribution >= 0.6 is 7.60 Å². The summed E-state index contributed by atoms with van der Waals surface area (Å²) in [7, 11) is -4.53. The molecule has 1 aromatic carbocycles. The molecule has 110 valence electrons. The Hall–Kier alpha value is -1.42. The fourth-order valence-corrected chi connectivity index (χ4v) is 2.85. The summed E-state index contributed by atoms with van der Waals surface area (Å²) >= 11 is 0. The van der Waals surface area contributed by atoms with E-state index in [1.165, 1.54) is 12.2 Å². The van der Waals surface area contributed by atoms with E-state index >= 15 is 0 Å². The summed E-state index contributed by atoms with van der Waals surface area (Å²) in [6.45, 7) is 3.16.